The third-order valence-electron chi connectivity index (χ3n) is 6.38. The minimum atomic E-state index is -0.936. The second kappa shape index (κ2) is 8.71. The predicted molar refractivity (Wildman–Crippen MR) is 126 cm³/mol. The highest BCUT2D eigenvalue weighted by molar-refractivity contribution is 6.35. The normalized spacial score (nSPS) is 21.2. The summed E-state index contributed by atoms with van der Waals surface area (Å²) >= 11 is 6.41. The SMILES string of the molecule is CC1[C@@H](C(=O)NC(C#N)c2cncc3cccc(Cl)c23)N(C(=O)CC(C)(C)C)CC1(C)C. The van der Waals surface area contributed by atoms with E-state index in [1.54, 1.807) is 23.4 Å². The van der Waals surface area contributed by atoms with Gasteiger partial charge in [-0.2, -0.15) is 5.26 Å². The quantitative estimate of drug-likeness (QED) is 0.713. The number of nitrogens with zero attached hydrogens (tertiary/aromatic N) is 3. The molecule has 6 nitrogen and oxygen atoms in total. The Kier molecular flexibility index (Phi) is 6.53. The minimum Gasteiger partial charge on any atom is -0.335 e. The average molecular weight is 455 g/mol. The summed E-state index contributed by atoms with van der Waals surface area (Å²) in [5.74, 6) is -0.445. The van der Waals surface area contributed by atoms with Crippen LogP contribution in [0.25, 0.3) is 10.8 Å². The number of carbonyl (C=O) groups is 2. The Morgan fingerprint density at radius 2 is 2.03 bits per heavy atom. The van der Waals surface area contributed by atoms with E-state index in [0.717, 1.165) is 5.39 Å². The Morgan fingerprint density at radius 3 is 2.66 bits per heavy atom. The molecule has 1 saturated heterocycles. The first-order valence-electron chi connectivity index (χ1n) is 10.9. The molecule has 0 saturated carbocycles. The summed E-state index contributed by atoms with van der Waals surface area (Å²) in [6, 6.07) is 6.02. The van der Waals surface area contributed by atoms with Crippen LogP contribution in [0, 0.1) is 28.1 Å². The number of likely N-dealkylation sites (tertiary alicyclic amines) is 1. The second-order valence-corrected chi connectivity index (χ2v) is 11.0. The van der Waals surface area contributed by atoms with Gasteiger partial charge < -0.3 is 10.2 Å². The Labute approximate surface area is 194 Å². The summed E-state index contributed by atoms with van der Waals surface area (Å²) in [5.41, 5.74) is 0.137. The summed E-state index contributed by atoms with van der Waals surface area (Å²) in [7, 11) is 0. The van der Waals surface area contributed by atoms with Crippen LogP contribution in [-0.2, 0) is 9.59 Å². The smallest absolute Gasteiger partial charge is 0.244 e. The molecule has 3 atom stereocenters. The van der Waals surface area contributed by atoms with E-state index in [1.807, 2.05) is 39.8 Å². The van der Waals surface area contributed by atoms with E-state index >= 15 is 0 Å². The molecule has 170 valence electrons. The van der Waals surface area contributed by atoms with Crippen molar-refractivity contribution < 1.29 is 9.59 Å². The van der Waals surface area contributed by atoms with Crippen molar-refractivity contribution in [3.63, 3.8) is 0 Å². The van der Waals surface area contributed by atoms with E-state index in [0.29, 0.717) is 28.9 Å². The van der Waals surface area contributed by atoms with Crippen molar-refractivity contribution in [2.24, 2.45) is 16.7 Å². The fourth-order valence-corrected chi connectivity index (χ4v) is 4.68. The maximum Gasteiger partial charge on any atom is 0.244 e. The molecule has 2 amide bonds. The van der Waals surface area contributed by atoms with Gasteiger partial charge in [0.05, 0.1) is 6.07 Å². The van der Waals surface area contributed by atoms with Gasteiger partial charge in [-0.1, -0.05) is 65.3 Å². The highest BCUT2D eigenvalue weighted by atomic mass is 35.5. The molecule has 0 radical (unpaired) electrons. The summed E-state index contributed by atoms with van der Waals surface area (Å²) in [6.07, 6.45) is 3.59. The van der Waals surface area contributed by atoms with Crippen molar-refractivity contribution >= 4 is 34.2 Å². The molecule has 1 aromatic carbocycles. The Balaban J connectivity index is 1.93. The van der Waals surface area contributed by atoms with Crippen LogP contribution in [0.3, 0.4) is 0 Å². The third-order valence-corrected chi connectivity index (χ3v) is 6.69. The Bertz CT molecular complexity index is 1080. The van der Waals surface area contributed by atoms with E-state index in [9.17, 15) is 14.9 Å². The minimum absolute atomic E-state index is 0.0431. The fraction of sp³-hybridized carbons (Fsp3) is 0.520. The van der Waals surface area contributed by atoms with Crippen LogP contribution in [0.4, 0.5) is 0 Å². The number of benzene rings is 1. The van der Waals surface area contributed by atoms with Gasteiger partial charge in [0.25, 0.3) is 0 Å². The molecular formula is C25H31ClN4O2. The molecule has 0 bridgehead atoms. The van der Waals surface area contributed by atoms with Crippen molar-refractivity contribution in [1.82, 2.24) is 15.2 Å². The zero-order valence-corrected chi connectivity index (χ0v) is 20.3. The standard InChI is InChI=1S/C25H31ClN4O2/c1-15-22(30(14-25(15,5)6)20(31)10-24(2,3)4)23(32)29-19(11-27)17-13-28-12-16-8-7-9-18(26)21(16)17/h7-9,12-13,15,19,22H,10,14H2,1-6H3,(H,29,32)/t15?,19?,22-/m0/s1. The second-order valence-electron chi connectivity index (χ2n) is 10.6. The van der Waals surface area contributed by atoms with E-state index in [-0.39, 0.29) is 28.6 Å². The monoisotopic (exact) mass is 454 g/mol. The summed E-state index contributed by atoms with van der Waals surface area (Å²) in [4.78, 5) is 32.5. The Morgan fingerprint density at radius 1 is 1.34 bits per heavy atom. The molecule has 3 rings (SSSR count). The van der Waals surface area contributed by atoms with Gasteiger partial charge in [0.15, 0.2) is 0 Å². The van der Waals surface area contributed by atoms with Gasteiger partial charge in [-0.25, -0.2) is 0 Å². The summed E-state index contributed by atoms with van der Waals surface area (Å²) in [5, 5.41) is 14.7. The zero-order chi connectivity index (χ0) is 23.8. The van der Waals surface area contributed by atoms with E-state index in [1.165, 1.54) is 0 Å². The maximum atomic E-state index is 13.5. The van der Waals surface area contributed by atoms with Gasteiger partial charge in [0.1, 0.15) is 12.1 Å². The lowest BCUT2D eigenvalue weighted by Crippen LogP contribution is -2.49. The van der Waals surface area contributed by atoms with Crippen LogP contribution < -0.4 is 5.32 Å². The number of nitriles is 1. The van der Waals surface area contributed by atoms with Crippen molar-refractivity contribution in [1.29, 1.82) is 5.26 Å². The molecule has 1 aliphatic heterocycles. The molecule has 0 aliphatic carbocycles. The number of amides is 2. The summed E-state index contributed by atoms with van der Waals surface area (Å²) < 4.78 is 0. The third kappa shape index (κ3) is 4.73. The number of hydrogen-bond acceptors (Lipinski definition) is 4. The molecule has 7 heteroatoms. The predicted octanol–water partition coefficient (Wildman–Crippen LogP) is 4.88. The lowest BCUT2D eigenvalue weighted by atomic mass is 9.80. The van der Waals surface area contributed by atoms with Crippen LogP contribution in [0.5, 0.6) is 0 Å². The van der Waals surface area contributed by atoms with Crippen LogP contribution in [0.15, 0.2) is 30.6 Å². The highest BCUT2D eigenvalue weighted by Crippen LogP contribution is 2.41. The first-order chi connectivity index (χ1) is 14.9. The molecule has 32 heavy (non-hydrogen) atoms. The largest absolute Gasteiger partial charge is 0.335 e. The molecule has 1 aliphatic rings. The zero-order valence-electron chi connectivity index (χ0n) is 19.6. The topological polar surface area (TPSA) is 86.1 Å². The van der Waals surface area contributed by atoms with E-state index < -0.39 is 12.1 Å². The molecule has 2 aromatic rings. The number of fused-ring (bicyclic) bond motifs is 1. The number of hydrogen-bond donors (Lipinski definition) is 1. The number of rotatable bonds is 4. The number of aromatic nitrogens is 1. The van der Waals surface area contributed by atoms with Gasteiger partial charge in [-0.05, 0) is 22.8 Å². The first kappa shape index (κ1) is 24.0. The number of carbonyl (C=O) groups excluding carboxylic acids is 2. The summed E-state index contributed by atoms with van der Waals surface area (Å²) in [6.45, 7) is 12.7. The van der Waals surface area contributed by atoms with Crippen LogP contribution >= 0.6 is 11.6 Å². The lowest BCUT2D eigenvalue weighted by molar-refractivity contribution is -0.140. The molecule has 0 spiro atoms. The van der Waals surface area contributed by atoms with Crippen molar-refractivity contribution in [2.75, 3.05) is 6.54 Å². The fourth-order valence-electron chi connectivity index (χ4n) is 4.39. The molecular weight excluding hydrogens is 424 g/mol. The molecule has 1 aromatic heterocycles. The van der Waals surface area contributed by atoms with Crippen LogP contribution in [-0.4, -0.2) is 34.3 Å². The molecule has 1 fully saturated rings. The maximum absolute atomic E-state index is 13.5. The first-order valence-corrected chi connectivity index (χ1v) is 11.2. The van der Waals surface area contributed by atoms with E-state index in [2.05, 4.69) is 30.2 Å². The lowest BCUT2D eigenvalue weighted by Gasteiger charge is -2.29. The van der Waals surface area contributed by atoms with Crippen molar-refractivity contribution in [3.8, 4) is 6.07 Å². The number of nitrogens with one attached hydrogen (secondary N) is 1. The van der Waals surface area contributed by atoms with Gasteiger partial charge in [-0.3, -0.25) is 14.6 Å². The average Bonchev–Trinajstić information content (AvgIpc) is 2.94. The van der Waals surface area contributed by atoms with Crippen LogP contribution in [0.1, 0.15) is 59.6 Å². The Hall–Kier alpha value is -2.65. The number of halogens is 1. The molecule has 1 N–H and O–H groups in total. The van der Waals surface area contributed by atoms with Crippen molar-refractivity contribution in [2.45, 2.75) is 60.0 Å². The van der Waals surface area contributed by atoms with Gasteiger partial charge >= 0.3 is 0 Å². The van der Waals surface area contributed by atoms with E-state index in [4.69, 9.17) is 11.6 Å². The highest BCUT2D eigenvalue weighted by Gasteiger charge is 2.50. The van der Waals surface area contributed by atoms with Crippen LogP contribution in [0.2, 0.25) is 5.02 Å². The number of pyridine rings is 1. The molecule has 2 unspecified atom stereocenters. The van der Waals surface area contributed by atoms with Gasteiger partial charge in [0, 0.05) is 46.7 Å². The van der Waals surface area contributed by atoms with Gasteiger partial charge in [-0.15, -0.1) is 0 Å². The molecule has 2 heterocycles. The van der Waals surface area contributed by atoms with Crippen molar-refractivity contribution in [3.05, 3.63) is 41.2 Å². The van der Waals surface area contributed by atoms with Gasteiger partial charge in [0.2, 0.25) is 11.8 Å².